The third-order valence-electron chi connectivity index (χ3n) is 5.41. The highest BCUT2D eigenvalue weighted by Gasteiger charge is 2.28. The summed E-state index contributed by atoms with van der Waals surface area (Å²) in [4.78, 5) is 31.3. The van der Waals surface area contributed by atoms with Crippen molar-refractivity contribution in [2.45, 2.75) is 18.9 Å². The number of carbonyl (C=O) groups excluding carboxylic acids is 2. The van der Waals surface area contributed by atoms with Gasteiger partial charge in [0, 0.05) is 30.6 Å². The monoisotopic (exact) mass is 412 g/mol. The lowest BCUT2D eigenvalue weighted by Gasteiger charge is -2.23. The molecule has 6 heteroatoms. The average Bonchev–Trinajstić information content (AvgIpc) is 3.30. The van der Waals surface area contributed by atoms with Crippen LogP contribution in [0.2, 0.25) is 0 Å². The van der Waals surface area contributed by atoms with Crippen LogP contribution in [-0.2, 0) is 4.79 Å². The summed E-state index contributed by atoms with van der Waals surface area (Å²) in [5, 5.41) is 2.81. The first-order valence-electron chi connectivity index (χ1n) is 10.3. The fraction of sp³-hybridized carbons (Fsp3) is 0.160. The number of aromatic nitrogens is 1. The zero-order valence-corrected chi connectivity index (χ0v) is 17.1. The molecule has 1 aromatic heterocycles. The minimum atomic E-state index is -0.235. The van der Waals surface area contributed by atoms with Crippen LogP contribution in [0, 0.1) is 0 Å². The summed E-state index contributed by atoms with van der Waals surface area (Å²) in [5.74, 6) is -0.256. The van der Waals surface area contributed by atoms with Crippen molar-refractivity contribution in [3.8, 4) is 0 Å². The SMILES string of the molecule is Nc1ccccc1NC(=O)c1ccc(C=CC(=O)N2CCCC2c2cccnc2)cc1. The van der Waals surface area contributed by atoms with Gasteiger partial charge in [-0.15, -0.1) is 0 Å². The summed E-state index contributed by atoms with van der Waals surface area (Å²) >= 11 is 0. The minimum Gasteiger partial charge on any atom is -0.397 e. The summed E-state index contributed by atoms with van der Waals surface area (Å²) in [6, 6.07) is 18.2. The number of benzene rings is 2. The number of amides is 2. The van der Waals surface area contributed by atoms with Crippen molar-refractivity contribution < 1.29 is 9.59 Å². The molecule has 1 atom stereocenters. The van der Waals surface area contributed by atoms with Gasteiger partial charge in [-0.3, -0.25) is 14.6 Å². The molecule has 4 rings (SSSR count). The molecule has 156 valence electrons. The van der Waals surface area contributed by atoms with Crippen molar-refractivity contribution in [3.63, 3.8) is 0 Å². The lowest BCUT2D eigenvalue weighted by atomic mass is 10.1. The molecule has 1 aliphatic rings. The highest BCUT2D eigenvalue weighted by atomic mass is 16.2. The van der Waals surface area contributed by atoms with E-state index in [1.165, 1.54) is 0 Å². The van der Waals surface area contributed by atoms with Crippen LogP contribution in [0.4, 0.5) is 11.4 Å². The van der Waals surface area contributed by atoms with Crippen molar-refractivity contribution in [1.82, 2.24) is 9.88 Å². The highest BCUT2D eigenvalue weighted by Crippen LogP contribution is 2.31. The maximum atomic E-state index is 12.8. The number of nitrogen functional groups attached to an aromatic ring is 1. The van der Waals surface area contributed by atoms with E-state index in [0.717, 1.165) is 30.5 Å². The number of carbonyl (C=O) groups is 2. The molecular formula is C25H24N4O2. The Bertz CT molecular complexity index is 1090. The van der Waals surface area contributed by atoms with Crippen LogP contribution in [0.25, 0.3) is 6.08 Å². The lowest BCUT2D eigenvalue weighted by molar-refractivity contribution is -0.126. The summed E-state index contributed by atoms with van der Waals surface area (Å²) in [7, 11) is 0. The molecule has 2 amide bonds. The normalized spacial score (nSPS) is 15.9. The molecule has 1 saturated heterocycles. The Balaban J connectivity index is 1.40. The molecular weight excluding hydrogens is 388 g/mol. The van der Waals surface area contributed by atoms with Crippen LogP contribution < -0.4 is 11.1 Å². The number of nitrogens with one attached hydrogen (secondary N) is 1. The largest absolute Gasteiger partial charge is 0.397 e. The summed E-state index contributed by atoms with van der Waals surface area (Å²) in [6.07, 6.45) is 8.86. The topological polar surface area (TPSA) is 88.3 Å². The van der Waals surface area contributed by atoms with Gasteiger partial charge in [-0.05, 0) is 60.4 Å². The molecule has 3 aromatic rings. The second kappa shape index (κ2) is 9.26. The van der Waals surface area contributed by atoms with Gasteiger partial charge in [-0.2, -0.15) is 0 Å². The zero-order valence-electron chi connectivity index (χ0n) is 17.1. The molecule has 2 heterocycles. The molecule has 6 nitrogen and oxygen atoms in total. The van der Waals surface area contributed by atoms with Crippen LogP contribution in [0.15, 0.2) is 79.1 Å². The third-order valence-corrected chi connectivity index (χ3v) is 5.41. The number of nitrogens with two attached hydrogens (primary N) is 1. The van der Waals surface area contributed by atoms with Gasteiger partial charge in [0.2, 0.25) is 5.91 Å². The highest BCUT2D eigenvalue weighted by molar-refractivity contribution is 6.05. The molecule has 2 aromatic carbocycles. The summed E-state index contributed by atoms with van der Waals surface area (Å²) in [6.45, 7) is 0.741. The maximum absolute atomic E-state index is 12.8. The van der Waals surface area contributed by atoms with E-state index in [1.54, 1.807) is 42.6 Å². The number of para-hydroxylation sites is 2. The molecule has 0 bridgehead atoms. The van der Waals surface area contributed by atoms with Gasteiger partial charge in [0.25, 0.3) is 5.91 Å². The van der Waals surface area contributed by atoms with Crippen LogP contribution in [0.1, 0.15) is 40.4 Å². The first-order valence-corrected chi connectivity index (χ1v) is 10.3. The van der Waals surface area contributed by atoms with E-state index >= 15 is 0 Å². The van der Waals surface area contributed by atoms with Gasteiger partial charge in [-0.1, -0.05) is 30.3 Å². The smallest absolute Gasteiger partial charge is 0.255 e. The number of likely N-dealkylation sites (tertiary alicyclic amines) is 1. The number of nitrogens with zero attached hydrogens (tertiary/aromatic N) is 2. The Morgan fingerprint density at radius 1 is 1.06 bits per heavy atom. The summed E-state index contributed by atoms with van der Waals surface area (Å²) in [5.41, 5.74) is 9.40. The molecule has 0 spiro atoms. The summed E-state index contributed by atoms with van der Waals surface area (Å²) < 4.78 is 0. The van der Waals surface area contributed by atoms with E-state index in [4.69, 9.17) is 5.73 Å². The number of anilines is 2. The molecule has 0 radical (unpaired) electrons. The van der Waals surface area contributed by atoms with E-state index in [2.05, 4.69) is 10.3 Å². The van der Waals surface area contributed by atoms with Crippen LogP contribution in [-0.4, -0.2) is 28.2 Å². The predicted molar refractivity (Wildman–Crippen MR) is 122 cm³/mol. The van der Waals surface area contributed by atoms with Gasteiger partial charge in [0.05, 0.1) is 17.4 Å². The van der Waals surface area contributed by atoms with Crippen LogP contribution in [0.5, 0.6) is 0 Å². The standard InChI is InChI=1S/C25H24N4O2/c26-21-6-1-2-7-22(21)28-25(31)19-12-9-18(10-13-19)11-14-24(30)29-16-4-8-23(29)20-5-3-15-27-17-20/h1-3,5-7,9-15,17,23H,4,8,16,26H2,(H,28,31). The van der Waals surface area contributed by atoms with E-state index in [0.29, 0.717) is 16.9 Å². The van der Waals surface area contributed by atoms with Gasteiger partial charge >= 0.3 is 0 Å². The maximum Gasteiger partial charge on any atom is 0.255 e. The molecule has 0 aliphatic carbocycles. The van der Waals surface area contributed by atoms with Crippen LogP contribution in [0.3, 0.4) is 0 Å². The van der Waals surface area contributed by atoms with E-state index in [9.17, 15) is 9.59 Å². The van der Waals surface area contributed by atoms with Gasteiger partial charge in [0.1, 0.15) is 0 Å². The van der Waals surface area contributed by atoms with Crippen molar-refractivity contribution in [2.24, 2.45) is 0 Å². The fourth-order valence-corrected chi connectivity index (χ4v) is 3.76. The van der Waals surface area contributed by atoms with Gasteiger partial charge < -0.3 is 16.0 Å². The zero-order chi connectivity index (χ0) is 21.6. The Kier molecular flexibility index (Phi) is 6.08. The minimum absolute atomic E-state index is 0.0206. The first kappa shape index (κ1) is 20.3. The predicted octanol–water partition coefficient (Wildman–Crippen LogP) is 4.29. The molecule has 1 aliphatic heterocycles. The number of pyridine rings is 1. The van der Waals surface area contributed by atoms with Gasteiger partial charge in [-0.25, -0.2) is 0 Å². The van der Waals surface area contributed by atoms with Crippen LogP contribution >= 0.6 is 0 Å². The average molecular weight is 412 g/mol. The molecule has 1 fully saturated rings. The second-order valence-electron chi connectivity index (χ2n) is 7.47. The number of hydrogen-bond acceptors (Lipinski definition) is 4. The third kappa shape index (κ3) is 4.80. The molecule has 3 N–H and O–H groups in total. The fourth-order valence-electron chi connectivity index (χ4n) is 3.76. The number of hydrogen-bond donors (Lipinski definition) is 2. The van der Waals surface area contributed by atoms with Gasteiger partial charge in [0.15, 0.2) is 0 Å². The lowest BCUT2D eigenvalue weighted by Crippen LogP contribution is -2.28. The van der Waals surface area contributed by atoms with E-state index in [1.807, 2.05) is 47.5 Å². The van der Waals surface area contributed by atoms with E-state index < -0.39 is 0 Å². The van der Waals surface area contributed by atoms with Crippen molar-refractivity contribution >= 4 is 29.3 Å². The van der Waals surface area contributed by atoms with Crippen molar-refractivity contribution in [2.75, 3.05) is 17.6 Å². The molecule has 0 saturated carbocycles. The Hall–Kier alpha value is -3.93. The Morgan fingerprint density at radius 2 is 1.87 bits per heavy atom. The Morgan fingerprint density at radius 3 is 2.61 bits per heavy atom. The van der Waals surface area contributed by atoms with Crippen molar-refractivity contribution in [3.05, 3.63) is 95.8 Å². The molecule has 1 unspecified atom stereocenters. The molecule has 31 heavy (non-hydrogen) atoms. The quantitative estimate of drug-likeness (QED) is 0.483. The number of rotatable bonds is 5. The Labute approximate surface area is 181 Å². The van der Waals surface area contributed by atoms with E-state index in [-0.39, 0.29) is 17.9 Å². The first-order chi connectivity index (χ1) is 15.1. The second-order valence-corrected chi connectivity index (χ2v) is 7.47. The van der Waals surface area contributed by atoms with Crippen molar-refractivity contribution in [1.29, 1.82) is 0 Å².